The van der Waals surface area contributed by atoms with E-state index in [1.165, 1.54) is 6.20 Å². The summed E-state index contributed by atoms with van der Waals surface area (Å²) in [7, 11) is 3.77. The Hall–Kier alpha value is -2.11. The average Bonchev–Trinajstić information content (AvgIpc) is 2.74. The normalized spacial score (nSPS) is 11.3. The molecule has 0 aliphatic heterocycles. The van der Waals surface area contributed by atoms with Crippen molar-refractivity contribution in [3.63, 3.8) is 0 Å². The molecule has 1 N–H and O–H groups in total. The molecule has 0 saturated carbocycles. The molecule has 21 heavy (non-hydrogen) atoms. The van der Waals surface area contributed by atoms with Crippen LogP contribution in [0.2, 0.25) is 0 Å². The summed E-state index contributed by atoms with van der Waals surface area (Å²) in [6.07, 6.45) is 3.34. The van der Waals surface area contributed by atoms with Gasteiger partial charge in [-0.15, -0.1) is 0 Å². The quantitative estimate of drug-likeness (QED) is 0.916. The van der Waals surface area contributed by atoms with E-state index in [0.717, 1.165) is 23.9 Å². The number of carbonyl (C=O) groups is 1. The van der Waals surface area contributed by atoms with E-state index < -0.39 is 5.97 Å². The maximum absolute atomic E-state index is 11.6. The van der Waals surface area contributed by atoms with Crippen LogP contribution >= 0.6 is 0 Å². The fourth-order valence-electron chi connectivity index (χ4n) is 2.93. The number of fused-ring (bicyclic) bond motifs is 1. The first-order chi connectivity index (χ1) is 9.92. The molecule has 0 aliphatic rings. The second kappa shape index (κ2) is 5.71. The van der Waals surface area contributed by atoms with Gasteiger partial charge in [0.25, 0.3) is 0 Å². The molecule has 6 nitrogen and oxygen atoms in total. The average molecular weight is 290 g/mol. The number of rotatable bonds is 5. The van der Waals surface area contributed by atoms with Gasteiger partial charge in [0.1, 0.15) is 5.56 Å². The van der Waals surface area contributed by atoms with Crippen molar-refractivity contribution in [1.29, 1.82) is 0 Å². The highest BCUT2D eigenvalue weighted by Crippen LogP contribution is 2.33. The van der Waals surface area contributed by atoms with Crippen LogP contribution in [-0.4, -0.2) is 38.9 Å². The Kier molecular flexibility index (Phi) is 4.16. The zero-order valence-corrected chi connectivity index (χ0v) is 13.2. The predicted molar refractivity (Wildman–Crippen MR) is 83.0 cm³/mol. The van der Waals surface area contributed by atoms with Gasteiger partial charge in [-0.3, -0.25) is 4.68 Å². The topological polar surface area (TPSA) is 71.2 Å². The first kappa shape index (κ1) is 15.3. The molecule has 0 atom stereocenters. The van der Waals surface area contributed by atoms with Crippen LogP contribution in [0.1, 0.15) is 42.7 Å². The van der Waals surface area contributed by atoms with Gasteiger partial charge in [-0.25, -0.2) is 9.78 Å². The molecule has 0 aliphatic carbocycles. The number of pyridine rings is 1. The molecule has 2 aromatic rings. The molecular formula is C15H22N4O2. The van der Waals surface area contributed by atoms with Crippen molar-refractivity contribution in [3.8, 4) is 0 Å². The van der Waals surface area contributed by atoms with Crippen LogP contribution in [0.5, 0.6) is 0 Å². The van der Waals surface area contributed by atoms with Crippen molar-refractivity contribution < 1.29 is 9.90 Å². The van der Waals surface area contributed by atoms with Crippen LogP contribution in [0, 0.1) is 6.92 Å². The second-order valence-corrected chi connectivity index (χ2v) is 5.31. The van der Waals surface area contributed by atoms with Crippen molar-refractivity contribution in [2.75, 3.05) is 11.9 Å². The summed E-state index contributed by atoms with van der Waals surface area (Å²) in [5, 5.41) is 14.7. The van der Waals surface area contributed by atoms with Crippen LogP contribution in [0.15, 0.2) is 6.20 Å². The Morgan fingerprint density at radius 3 is 2.57 bits per heavy atom. The Labute approximate surface area is 124 Å². The van der Waals surface area contributed by atoms with Gasteiger partial charge in [0, 0.05) is 26.3 Å². The SMILES string of the molecule is CCC(CC)N(C)c1c(C(=O)O)cnc2c1c(C)nn2C. The first-order valence-electron chi connectivity index (χ1n) is 7.20. The maximum atomic E-state index is 11.6. The van der Waals surface area contributed by atoms with E-state index in [1.807, 2.05) is 21.0 Å². The minimum atomic E-state index is -0.958. The largest absolute Gasteiger partial charge is 0.478 e. The number of anilines is 1. The van der Waals surface area contributed by atoms with Crippen LogP contribution in [-0.2, 0) is 7.05 Å². The lowest BCUT2D eigenvalue weighted by atomic mass is 10.1. The number of hydrogen-bond acceptors (Lipinski definition) is 4. The van der Waals surface area contributed by atoms with Crippen molar-refractivity contribution >= 4 is 22.7 Å². The minimum absolute atomic E-state index is 0.230. The minimum Gasteiger partial charge on any atom is -0.478 e. The number of carboxylic acids is 1. The van der Waals surface area contributed by atoms with Crippen LogP contribution < -0.4 is 4.90 Å². The lowest BCUT2D eigenvalue weighted by Crippen LogP contribution is -2.32. The monoisotopic (exact) mass is 290 g/mol. The fourth-order valence-corrected chi connectivity index (χ4v) is 2.93. The zero-order chi connectivity index (χ0) is 15.7. The lowest BCUT2D eigenvalue weighted by molar-refractivity contribution is 0.0697. The molecule has 2 aromatic heterocycles. The van der Waals surface area contributed by atoms with Crippen molar-refractivity contribution in [2.24, 2.45) is 7.05 Å². The van der Waals surface area contributed by atoms with Crippen LogP contribution in [0.4, 0.5) is 5.69 Å². The molecule has 2 rings (SSSR count). The van der Waals surface area contributed by atoms with E-state index in [2.05, 4.69) is 28.8 Å². The smallest absolute Gasteiger partial charge is 0.339 e. The van der Waals surface area contributed by atoms with Gasteiger partial charge < -0.3 is 10.0 Å². The highest BCUT2D eigenvalue weighted by molar-refractivity contribution is 6.04. The van der Waals surface area contributed by atoms with Crippen molar-refractivity contribution in [2.45, 2.75) is 39.7 Å². The molecule has 0 radical (unpaired) electrons. The molecular weight excluding hydrogens is 268 g/mol. The Balaban J connectivity index is 2.78. The van der Waals surface area contributed by atoms with E-state index >= 15 is 0 Å². The number of nitrogens with zero attached hydrogens (tertiary/aromatic N) is 4. The van der Waals surface area contributed by atoms with Gasteiger partial charge in [0.2, 0.25) is 0 Å². The summed E-state index contributed by atoms with van der Waals surface area (Å²) < 4.78 is 1.69. The summed E-state index contributed by atoms with van der Waals surface area (Å²) in [6.45, 7) is 6.11. The van der Waals surface area contributed by atoms with Crippen LogP contribution in [0.25, 0.3) is 11.0 Å². The second-order valence-electron chi connectivity index (χ2n) is 5.31. The zero-order valence-electron chi connectivity index (χ0n) is 13.2. The standard InChI is InChI=1S/C15H22N4O2/c1-6-10(7-2)18(4)13-11(15(20)21)8-16-14-12(13)9(3)17-19(14)5/h8,10H,6-7H2,1-5H3,(H,20,21). The van der Waals surface area contributed by atoms with Gasteiger partial charge in [-0.1, -0.05) is 13.8 Å². The molecule has 2 heterocycles. The Morgan fingerprint density at radius 2 is 2.05 bits per heavy atom. The molecule has 0 amide bonds. The van der Waals surface area contributed by atoms with E-state index in [1.54, 1.807) is 4.68 Å². The number of aromatic nitrogens is 3. The molecule has 0 unspecified atom stereocenters. The first-order valence-corrected chi connectivity index (χ1v) is 7.20. The molecule has 6 heteroatoms. The number of hydrogen-bond donors (Lipinski definition) is 1. The molecule has 0 spiro atoms. The predicted octanol–water partition coefficient (Wildman–Crippen LogP) is 2.60. The van der Waals surface area contributed by atoms with E-state index in [4.69, 9.17) is 0 Å². The Bertz CT molecular complexity index is 674. The van der Waals surface area contributed by atoms with Gasteiger partial charge in [0.15, 0.2) is 5.65 Å². The third-order valence-corrected chi connectivity index (χ3v) is 4.07. The third kappa shape index (κ3) is 2.46. The molecule has 0 fully saturated rings. The molecule has 114 valence electrons. The van der Waals surface area contributed by atoms with Gasteiger partial charge in [-0.2, -0.15) is 5.10 Å². The number of aryl methyl sites for hydroxylation is 2. The van der Waals surface area contributed by atoms with E-state index in [9.17, 15) is 9.90 Å². The number of aromatic carboxylic acids is 1. The summed E-state index contributed by atoms with van der Waals surface area (Å²) >= 11 is 0. The summed E-state index contributed by atoms with van der Waals surface area (Å²) in [5.74, 6) is -0.958. The van der Waals surface area contributed by atoms with E-state index in [-0.39, 0.29) is 11.6 Å². The van der Waals surface area contributed by atoms with E-state index in [0.29, 0.717) is 11.3 Å². The summed E-state index contributed by atoms with van der Waals surface area (Å²) in [6, 6.07) is 0.285. The van der Waals surface area contributed by atoms with Crippen molar-refractivity contribution in [1.82, 2.24) is 14.8 Å². The lowest BCUT2D eigenvalue weighted by Gasteiger charge is -2.30. The fraction of sp³-hybridized carbons (Fsp3) is 0.533. The Morgan fingerprint density at radius 1 is 1.43 bits per heavy atom. The van der Waals surface area contributed by atoms with Crippen LogP contribution in [0.3, 0.4) is 0 Å². The van der Waals surface area contributed by atoms with Gasteiger partial charge >= 0.3 is 5.97 Å². The van der Waals surface area contributed by atoms with Crippen molar-refractivity contribution in [3.05, 3.63) is 17.5 Å². The van der Waals surface area contributed by atoms with Gasteiger partial charge in [0.05, 0.1) is 16.8 Å². The number of carboxylic acid groups (broad SMARTS) is 1. The highest BCUT2D eigenvalue weighted by Gasteiger charge is 2.24. The highest BCUT2D eigenvalue weighted by atomic mass is 16.4. The summed E-state index contributed by atoms with van der Waals surface area (Å²) in [4.78, 5) is 17.9. The van der Waals surface area contributed by atoms with Gasteiger partial charge in [-0.05, 0) is 19.8 Å². The maximum Gasteiger partial charge on any atom is 0.339 e. The molecule has 0 bridgehead atoms. The molecule has 0 aromatic carbocycles. The molecule has 0 saturated heterocycles. The summed E-state index contributed by atoms with van der Waals surface area (Å²) in [5.41, 5.74) is 2.46. The third-order valence-electron chi connectivity index (χ3n) is 4.07.